The van der Waals surface area contributed by atoms with Gasteiger partial charge in [-0.25, -0.2) is 0 Å². The van der Waals surface area contributed by atoms with E-state index in [2.05, 4.69) is 15.5 Å². The minimum absolute atomic E-state index is 0.379. The Bertz CT molecular complexity index is 602. The average molecular weight is 389 g/mol. The van der Waals surface area contributed by atoms with Gasteiger partial charge in [0.05, 0.1) is 5.69 Å². The lowest BCUT2D eigenvalue weighted by molar-refractivity contribution is -0.181. The zero-order chi connectivity index (χ0) is 20.0. The second-order valence-electron chi connectivity index (χ2n) is 6.88. The van der Waals surface area contributed by atoms with Gasteiger partial charge in [0.25, 0.3) is 0 Å². The lowest BCUT2D eigenvalue weighted by Gasteiger charge is -2.39. The first-order valence-corrected chi connectivity index (χ1v) is 9.49. The molecule has 2 heterocycles. The molecule has 1 aromatic rings. The Hall–Kier alpha value is -1.77. The molecular formula is C18H30F3N5O. The highest BCUT2D eigenvalue weighted by Gasteiger charge is 2.41. The smallest absolute Gasteiger partial charge is 0.361 e. The number of aromatic nitrogens is 1. The number of hydrogen-bond donors (Lipinski definition) is 1. The van der Waals surface area contributed by atoms with Crippen molar-refractivity contribution in [3.05, 3.63) is 17.0 Å². The van der Waals surface area contributed by atoms with Crippen LogP contribution in [0.3, 0.4) is 0 Å². The van der Waals surface area contributed by atoms with Crippen LogP contribution >= 0.6 is 0 Å². The molecule has 2 rings (SSSR count). The van der Waals surface area contributed by atoms with Crippen LogP contribution in [0.5, 0.6) is 0 Å². The van der Waals surface area contributed by atoms with Crippen molar-refractivity contribution in [2.24, 2.45) is 4.99 Å². The first-order chi connectivity index (χ1) is 12.7. The monoisotopic (exact) mass is 389 g/mol. The van der Waals surface area contributed by atoms with E-state index in [-0.39, 0.29) is 0 Å². The van der Waals surface area contributed by atoms with Gasteiger partial charge in [-0.1, -0.05) is 5.16 Å². The van der Waals surface area contributed by atoms with Gasteiger partial charge in [0.15, 0.2) is 5.96 Å². The average Bonchev–Trinajstić information content (AvgIpc) is 2.94. The van der Waals surface area contributed by atoms with E-state index in [1.165, 1.54) is 11.8 Å². The van der Waals surface area contributed by atoms with E-state index >= 15 is 0 Å². The molecule has 1 aliphatic heterocycles. The van der Waals surface area contributed by atoms with E-state index in [1.54, 1.807) is 0 Å². The highest BCUT2D eigenvalue weighted by Crippen LogP contribution is 2.25. The third-order valence-corrected chi connectivity index (χ3v) is 5.00. The van der Waals surface area contributed by atoms with Crippen LogP contribution in [0.1, 0.15) is 37.3 Å². The van der Waals surface area contributed by atoms with Crippen LogP contribution in [0.4, 0.5) is 13.2 Å². The van der Waals surface area contributed by atoms with Crippen molar-refractivity contribution in [3.63, 3.8) is 0 Å². The zero-order valence-corrected chi connectivity index (χ0v) is 16.6. The summed E-state index contributed by atoms with van der Waals surface area (Å²) in [5, 5.41) is 7.20. The summed E-state index contributed by atoms with van der Waals surface area (Å²) in [5.41, 5.74) is 2.04. The largest absolute Gasteiger partial charge is 0.403 e. The lowest BCUT2D eigenvalue weighted by Crippen LogP contribution is -2.56. The molecule has 1 fully saturated rings. The number of halogens is 3. The molecule has 1 aromatic heterocycles. The maximum atomic E-state index is 12.9. The lowest BCUT2D eigenvalue weighted by atomic mass is 10.1. The van der Waals surface area contributed by atoms with Crippen LogP contribution in [0.2, 0.25) is 0 Å². The summed E-state index contributed by atoms with van der Waals surface area (Å²) in [5.74, 6) is 1.62. The third-order valence-electron chi connectivity index (χ3n) is 5.00. The highest BCUT2D eigenvalue weighted by atomic mass is 19.4. The molecule has 0 saturated carbocycles. The van der Waals surface area contributed by atoms with Crippen molar-refractivity contribution in [2.75, 3.05) is 39.3 Å². The molecule has 1 saturated heterocycles. The molecule has 9 heteroatoms. The number of hydrogen-bond acceptors (Lipinski definition) is 4. The summed E-state index contributed by atoms with van der Waals surface area (Å²) in [6, 6.07) is -1.41. The summed E-state index contributed by atoms with van der Waals surface area (Å²) in [6.45, 7) is 10.3. The minimum atomic E-state index is -4.18. The Morgan fingerprint density at radius 2 is 1.93 bits per heavy atom. The van der Waals surface area contributed by atoms with Gasteiger partial charge in [0.1, 0.15) is 11.8 Å². The van der Waals surface area contributed by atoms with Crippen LogP contribution in [0.25, 0.3) is 0 Å². The number of alkyl halides is 3. The molecule has 1 aliphatic rings. The number of rotatable bonds is 6. The van der Waals surface area contributed by atoms with Crippen LogP contribution in [-0.4, -0.2) is 72.4 Å². The number of guanidine groups is 1. The van der Waals surface area contributed by atoms with E-state index < -0.39 is 12.2 Å². The van der Waals surface area contributed by atoms with Crippen molar-refractivity contribution in [1.29, 1.82) is 0 Å². The fourth-order valence-corrected chi connectivity index (χ4v) is 3.25. The Morgan fingerprint density at radius 1 is 1.26 bits per heavy atom. The number of nitrogens with one attached hydrogen (secondary N) is 1. The van der Waals surface area contributed by atoms with Gasteiger partial charge < -0.3 is 14.7 Å². The fraction of sp³-hybridized carbons (Fsp3) is 0.778. The van der Waals surface area contributed by atoms with E-state index in [0.29, 0.717) is 32.7 Å². The zero-order valence-electron chi connectivity index (χ0n) is 16.6. The predicted octanol–water partition coefficient (Wildman–Crippen LogP) is 2.76. The van der Waals surface area contributed by atoms with Crippen LogP contribution in [0, 0.1) is 13.8 Å². The Labute approximate surface area is 158 Å². The number of nitrogens with zero attached hydrogens (tertiary/aromatic N) is 4. The Morgan fingerprint density at radius 3 is 2.44 bits per heavy atom. The second kappa shape index (κ2) is 9.43. The molecule has 1 unspecified atom stereocenters. The van der Waals surface area contributed by atoms with Crippen LogP contribution in [0.15, 0.2) is 9.52 Å². The molecule has 0 aromatic carbocycles. The molecular weight excluding hydrogens is 359 g/mol. The normalized spacial score (nSPS) is 18.0. The fourth-order valence-electron chi connectivity index (χ4n) is 3.25. The summed E-state index contributed by atoms with van der Waals surface area (Å²) >= 11 is 0. The van der Waals surface area contributed by atoms with Gasteiger partial charge in [-0.2, -0.15) is 13.2 Å². The van der Waals surface area contributed by atoms with Gasteiger partial charge in [0.2, 0.25) is 0 Å². The maximum Gasteiger partial charge on any atom is 0.403 e. The van der Waals surface area contributed by atoms with Crippen molar-refractivity contribution in [3.8, 4) is 0 Å². The summed E-state index contributed by atoms with van der Waals surface area (Å²) in [4.78, 5) is 8.18. The first-order valence-electron chi connectivity index (χ1n) is 9.49. The molecule has 27 heavy (non-hydrogen) atoms. The maximum absolute atomic E-state index is 12.9. The molecule has 1 N–H and O–H groups in total. The second-order valence-corrected chi connectivity index (χ2v) is 6.88. The van der Waals surface area contributed by atoms with E-state index in [0.717, 1.165) is 42.4 Å². The van der Waals surface area contributed by atoms with Crippen molar-refractivity contribution in [1.82, 2.24) is 20.3 Å². The SMILES string of the molecule is CCNC(=NCCCc1c(C)noc1C)N1CCN(C(C)C(F)(F)F)CC1. The molecule has 0 radical (unpaired) electrons. The van der Waals surface area contributed by atoms with E-state index in [4.69, 9.17) is 4.52 Å². The molecule has 0 spiro atoms. The Balaban J connectivity index is 1.87. The molecule has 0 bridgehead atoms. The molecule has 0 aliphatic carbocycles. The van der Waals surface area contributed by atoms with Crippen molar-refractivity contribution < 1.29 is 17.7 Å². The van der Waals surface area contributed by atoms with Crippen molar-refractivity contribution >= 4 is 5.96 Å². The van der Waals surface area contributed by atoms with Gasteiger partial charge in [-0.15, -0.1) is 0 Å². The number of aliphatic imine (C=N–C) groups is 1. The van der Waals surface area contributed by atoms with Gasteiger partial charge in [-0.3, -0.25) is 9.89 Å². The highest BCUT2D eigenvalue weighted by molar-refractivity contribution is 5.80. The summed E-state index contributed by atoms with van der Waals surface area (Å²) in [6.07, 6.45) is -2.47. The number of aryl methyl sites for hydroxylation is 2. The van der Waals surface area contributed by atoms with Gasteiger partial charge in [-0.05, 0) is 40.5 Å². The van der Waals surface area contributed by atoms with Gasteiger partial charge >= 0.3 is 6.18 Å². The van der Waals surface area contributed by atoms with Crippen LogP contribution in [-0.2, 0) is 6.42 Å². The molecule has 1 atom stereocenters. The minimum Gasteiger partial charge on any atom is -0.361 e. The Kier molecular flexibility index (Phi) is 7.52. The standard InChI is InChI=1S/C18H30F3N5O/c1-5-22-17(23-8-6-7-16-13(2)24-27-14(16)3)26-11-9-25(10-12-26)15(4)18(19,20)21/h15H,5-12H2,1-4H3,(H,22,23). The van der Waals surface area contributed by atoms with Crippen molar-refractivity contribution in [2.45, 2.75) is 52.8 Å². The number of piperazine rings is 1. The molecule has 6 nitrogen and oxygen atoms in total. The predicted molar refractivity (Wildman–Crippen MR) is 98.9 cm³/mol. The molecule has 0 amide bonds. The van der Waals surface area contributed by atoms with Gasteiger partial charge in [0, 0.05) is 44.8 Å². The summed E-state index contributed by atoms with van der Waals surface area (Å²) in [7, 11) is 0. The third kappa shape index (κ3) is 5.85. The topological polar surface area (TPSA) is 56.9 Å². The quantitative estimate of drug-likeness (QED) is 0.461. The summed E-state index contributed by atoms with van der Waals surface area (Å²) < 4.78 is 43.8. The van der Waals surface area contributed by atoms with E-state index in [9.17, 15) is 13.2 Å². The van der Waals surface area contributed by atoms with Crippen LogP contribution < -0.4 is 5.32 Å². The first kappa shape index (κ1) is 21.5. The molecule has 154 valence electrons. The van der Waals surface area contributed by atoms with E-state index in [1.807, 2.05) is 25.7 Å².